The molecule has 1 aliphatic heterocycles. The van der Waals surface area contributed by atoms with E-state index in [2.05, 4.69) is 31.2 Å². The number of anilines is 3. The van der Waals surface area contributed by atoms with E-state index in [9.17, 15) is 4.79 Å². The summed E-state index contributed by atoms with van der Waals surface area (Å²) in [7, 11) is 0. The quantitative estimate of drug-likeness (QED) is 0.529. The summed E-state index contributed by atoms with van der Waals surface area (Å²) in [4.78, 5) is 21.2. The van der Waals surface area contributed by atoms with Crippen LogP contribution in [0.3, 0.4) is 0 Å². The first-order valence-electron chi connectivity index (χ1n) is 10.0. The first kappa shape index (κ1) is 19.1. The predicted octanol–water partition coefficient (Wildman–Crippen LogP) is 3.99. The third-order valence-electron chi connectivity index (χ3n) is 5.06. The highest BCUT2D eigenvalue weighted by Crippen LogP contribution is 2.19. The van der Waals surface area contributed by atoms with E-state index >= 15 is 0 Å². The number of carbonyl (C=O) groups excluding carboxylic acids is 1. The van der Waals surface area contributed by atoms with Crippen molar-refractivity contribution in [3.8, 4) is 0 Å². The topological polar surface area (TPSA) is 91.0 Å². The molecule has 29 heavy (non-hydrogen) atoms. The van der Waals surface area contributed by atoms with Crippen LogP contribution in [-0.4, -0.2) is 35.6 Å². The van der Waals surface area contributed by atoms with Crippen LogP contribution in [0.25, 0.3) is 10.8 Å². The molecule has 0 saturated carbocycles. The Labute approximate surface area is 170 Å². The highest BCUT2D eigenvalue weighted by atomic mass is 16.2. The molecule has 0 radical (unpaired) electrons. The number of aryl methyl sites for hydroxylation is 1. The maximum Gasteiger partial charge on any atom is 0.326 e. The number of benzene rings is 2. The third kappa shape index (κ3) is 5.20. The molecule has 7 heteroatoms. The molecule has 0 spiro atoms. The van der Waals surface area contributed by atoms with Crippen molar-refractivity contribution in [2.24, 2.45) is 5.92 Å². The molecule has 2 amide bonds. The van der Waals surface area contributed by atoms with Gasteiger partial charge in [-0.15, -0.1) is 0 Å². The Balaban J connectivity index is 1.38. The Kier molecular flexibility index (Phi) is 5.86. The molecule has 3 aromatic rings. The van der Waals surface area contributed by atoms with Gasteiger partial charge in [0.1, 0.15) is 5.82 Å². The molecular weight excluding hydrogens is 364 g/mol. The Morgan fingerprint density at radius 3 is 2.79 bits per heavy atom. The lowest BCUT2D eigenvalue weighted by Crippen LogP contribution is -2.33. The normalized spacial score (nSPS) is 16.4. The molecule has 2 aromatic carbocycles. The Morgan fingerprint density at radius 1 is 1.10 bits per heavy atom. The number of urea groups is 1. The summed E-state index contributed by atoms with van der Waals surface area (Å²) in [6.45, 7) is 4.87. The lowest BCUT2D eigenvalue weighted by Gasteiger charge is -2.23. The molecule has 0 bridgehead atoms. The molecule has 1 unspecified atom stereocenters. The maximum atomic E-state index is 12.4. The van der Waals surface area contributed by atoms with Crippen molar-refractivity contribution in [2.75, 3.05) is 35.6 Å². The molecule has 2 heterocycles. The number of fused-ring (bicyclic) bond motifs is 1. The molecule has 1 fully saturated rings. The molecule has 0 aliphatic carbocycles. The van der Waals surface area contributed by atoms with Gasteiger partial charge in [0.2, 0.25) is 5.95 Å². The fraction of sp³-hybridized carbons (Fsp3) is 0.318. The van der Waals surface area contributed by atoms with Crippen LogP contribution in [0.5, 0.6) is 0 Å². The van der Waals surface area contributed by atoms with Crippen molar-refractivity contribution in [1.82, 2.24) is 15.3 Å². The van der Waals surface area contributed by atoms with Crippen LogP contribution >= 0.6 is 0 Å². The third-order valence-corrected chi connectivity index (χ3v) is 5.06. The number of aromatic nitrogens is 2. The molecule has 7 nitrogen and oxygen atoms in total. The van der Waals surface area contributed by atoms with Crippen LogP contribution in [0.2, 0.25) is 0 Å². The van der Waals surface area contributed by atoms with E-state index in [4.69, 9.17) is 0 Å². The van der Waals surface area contributed by atoms with Crippen molar-refractivity contribution in [3.63, 3.8) is 0 Å². The van der Waals surface area contributed by atoms with Crippen molar-refractivity contribution < 1.29 is 4.79 Å². The van der Waals surface area contributed by atoms with E-state index in [0.717, 1.165) is 47.6 Å². The van der Waals surface area contributed by atoms with Gasteiger partial charge >= 0.3 is 6.03 Å². The SMILES string of the molecule is Cc1cc(NCC2CCCNC2)nc(NC(=O)Nc2ccc3ccccc3c2)n1. The van der Waals surface area contributed by atoms with Crippen molar-refractivity contribution >= 4 is 34.3 Å². The Hall–Kier alpha value is -3.19. The average Bonchev–Trinajstić information content (AvgIpc) is 2.72. The van der Waals surface area contributed by atoms with Crippen molar-refractivity contribution in [1.29, 1.82) is 0 Å². The second-order valence-corrected chi connectivity index (χ2v) is 7.45. The summed E-state index contributed by atoms with van der Waals surface area (Å²) in [5, 5.41) is 14.6. The number of nitrogens with one attached hydrogen (secondary N) is 4. The largest absolute Gasteiger partial charge is 0.370 e. The van der Waals surface area contributed by atoms with Crippen LogP contribution in [0, 0.1) is 12.8 Å². The molecule has 1 atom stereocenters. The average molecular weight is 390 g/mol. The number of rotatable bonds is 5. The summed E-state index contributed by atoms with van der Waals surface area (Å²) in [6.07, 6.45) is 2.42. The molecule has 1 aliphatic rings. The molecule has 1 aromatic heterocycles. The number of nitrogens with zero attached hydrogens (tertiary/aromatic N) is 2. The van der Waals surface area contributed by atoms with Gasteiger partial charge < -0.3 is 16.0 Å². The number of amides is 2. The Morgan fingerprint density at radius 2 is 1.97 bits per heavy atom. The highest BCUT2D eigenvalue weighted by Gasteiger charge is 2.13. The van der Waals surface area contributed by atoms with Gasteiger partial charge in [0, 0.05) is 24.0 Å². The second-order valence-electron chi connectivity index (χ2n) is 7.45. The van der Waals surface area contributed by atoms with E-state index in [1.807, 2.05) is 55.5 Å². The van der Waals surface area contributed by atoms with Crippen LogP contribution in [-0.2, 0) is 0 Å². The maximum absolute atomic E-state index is 12.4. The monoisotopic (exact) mass is 390 g/mol. The van der Waals surface area contributed by atoms with Gasteiger partial charge in [0.25, 0.3) is 0 Å². The Bertz CT molecular complexity index is 1000. The molecule has 4 rings (SSSR count). The molecule has 4 N–H and O–H groups in total. The fourth-order valence-electron chi connectivity index (χ4n) is 3.59. The highest BCUT2D eigenvalue weighted by molar-refractivity contribution is 6.00. The van der Waals surface area contributed by atoms with Gasteiger partial charge in [-0.1, -0.05) is 30.3 Å². The summed E-state index contributed by atoms with van der Waals surface area (Å²) < 4.78 is 0. The van der Waals surface area contributed by atoms with Crippen LogP contribution in [0.4, 0.5) is 22.2 Å². The number of piperidine rings is 1. The van der Waals surface area contributed by atoms with Gasteiger partial charge in [-0.05, 0) is 61.7 Å². The lowest BCUT2D eigenvalue weighted by atomic mass is 10.00. The molecule has 1 saturated heterocycles. The first-order valence-corrected chi connectivity index (χ1v) is 10.0. The van der Waals surface area contributed by atoms with E-state index in [-0.39, 0.29) is 12.0 Å². The van der Waals surface area contributed by atoms with Crippen molar-refractivity contribution in [2.45, 2.75) is 19.8 Å². The van der Waals surface area contributed by atoms with Crippen molar-refractivity contribution in [3.05, 3.63) is 54.2 Å². The van der Waals surface area contributed by atoms with Gasteiger partial charge in [-0.3, -0.25) is 5.32 Å². The minimum absolute atomic E-state index is 0.285. The van der Waals surface area contributed by atoms with E-state index in [1.165, 1.54) is 12.8 Å². The summed E-state index contributed by atoms with van der Waals surface area (Å²) in [5.41, 5.74) is 1.52. The minimum Gasteiger partial charge on any atom is -0.370 e. The zero-order valence-electron chi connectivity index (χ0n) is 16.5. The number of carbonyl (C=O) groups is 1. The van der Waals surface area contributed by atoms with E-state index in [0.29, 0.717) is 5.92 Å². The molecule has 150 valence electrons. The lowest BCUT2D eigenvalue weighted by molar-refractivity contribution is 0.262. The van der Waals surface area contributed by atoms with Crippen LogP contribution in [0.15, 0.2) is 48.5 Å². The predicted molar refractivity (Wildman–Crippen MR) is 117 cm³/mol. The smallest absolute Gasteiger partial charge is 0.326 e. The molecular formula is C22H26N6O. The van der Waals surface area contributed by atoms with E-state index in [1.54, 1.807) is 0 Å². The second kappa shape index (κ2) is 8.87. The summed E-state index contributed by atoms with van der Waals surface area (Å²) in [5.74, 6) is 1.60. The number of hydrogen-bond donors (Lipinski definition) is 4. The van der Waals surface area contributed by atoms with Gasteiger partial charge in [0.15, 0.2) is 0 Å². The zero-order chi connectivity index (χ0) is 20.1. The zero-order valence-corrected chi connectivity index (χ0v) is 16.5. The number of hydrogen-bond acceptors (Lipinski definition) is 5. The van der Waals surface area contributed by atoms with Gasteiger partial charge in [-0.2, -0.15) is 4.98 Å². The summed E-state index contributed by atoms with van der Waals surface area (Å²) >= 11 is 0. The summed E-state index contributed by atoms with van der Waals surface area (Å²) in [6, 6.07) is 15.4. The minimum atomic E-state index is -0.367. The van der Waals surface area contributed by atoms with Crippen LogP contribution < -0.4 is 21.3 Å². The fourth-order valence-corrected chi connectivity index (χ4v) is 3.59. The standard InChI is InChI=1S/C22H26N6O/c1-15-11-20(24-14-16-5-4-10-23-13-16)27-21(25-15)28-22(29)26-19-9-8-17-6-2-3-7-18(17)12-19/h2-3,6-9,11-12,16,23H,4-5,10,13-14H2,1H3,(H3,24,25,26,27,28,29). The van der Waals surface area contributed by atoms with Crippen LogP contribution in [0.1, 0.15) is 18.5 Å². The van der Waals surface area contributed by atoms with Gasteiger partial charge in [-0.25, -0.2) is 9.78 Å². The van der Waals surface area contributed by atoms with E-state index < -0.39 is 0 Å². The van der Waals surface area contributed by atoms with Gasteiger partial charge in [0.05, 0.1) is 0 Å². The first-order chi connectivity index (χ1) is 14.2.